The highest BCUT2D eigenvalue weighted by atomic mass is 16.7. The molecule has 2 unspecified atom stereocenters. The lowest BCUT2D eigenvalue weighted by molar-refractivity contribution is -0.136. The molecule has 0 N–H and O–H groups in total. The molecular weight excluding hydrogens is 344 g/mol. The summed E-state index contributed by atoms with van der Waals surface area (Å²) in [7, 11) is 0. The highest BCUT2D eigenvalue weighted by Gasteiger charge is 2.42. The number of carbonyl (C=O) groups excluding carboxylic acids is 2. The van der Waals surface area contributed by atoms with E-state index < -0.39 is 11.8 Å². The third-order valence-electron chi connectivity index (χ3n) is 5.48. The first kappa shape index (κ1) is 19.7. The monoisotopic (exact) mass is 374 g/mol. The van der Waals surface area contributed by atoms with Gasteiger partial charge in [0.15, 0.2) is 0 Å². The van der Waals surface area contributed by atoms with Gasteiger partial charge in [0, 0.05) is 38.1 Å². The van der Waals surface area contributed by atoms with Crippen LogP contribution in [0.15, 0.2) is 30.3 Å². The Bertz CT molecular complexity index is 647. The first-order valence-corrected chi connectivity index (χ1v) is 9.87. The summed E-state index contributed by atoms with van der Waals surface area (Å²) in [6, 6.07) is 9.60. The number of carbonyl (C=O) groups is 2. The number of piperazine rings is 1. The van der Waals surface area contributed by atoms with Crippen LogP contribution in [0.3, 0.4) is 0 Å². The minimum absolute atomic E-state index is 0.273. The molecule has 3 rings (SSSR count). The van der Waals surface area contributed by atoms with E-state index in [0.29, 0.717) is 24.3 Å². The molecule has 0 saturated carbocycles. The largest absolute Gasteiger partial charge is 0.514 e. The van der Waals surface area contributed by atoms with Gasteiger partial charge in [0.05, 0.1) is 0 Å². The van der Waals surface area contributed by atoms with Crippen molar-refractivity contribution in [3.8, 4) is 5.75 Å². The topological polar surface area (TPSA) is 59.1 Å². The number of benzene rings is 1. The van der Waals surface area contributed by atoms with Gasteiger partial charge in [0.1, 0.15) is 11.4 Å². The molecule has 1 amide bonds. The lowest BCUT2D eigenvalue weighted by atomic mass is 10.0. The molecule has 2 aliphatic heterocycles. The third-order valence-corrected chi connectivity index (χ3v) is 5.48. The van der Waals surface area contributed by atoms with Gasteiger partial charge in [-0.15, -0.1) is 0 Å². The zero-order valence-corrected chi connectivity index (χ0v) is 16.5. The van der Waals surface area contributed by atoms with Crippen LogP contribution in [0, 0.1) is 0 Å². The summed E-state index contributed by atoms with van der Waals surface area (Å²) in [4.78, 5) is 28.7. The predicted molar refractivity (Wildman–Crippen MR) is 103 cm³/mol. The van der Waals surface area contributed by atoms with E-state index in [9.17, 15) is 9.59 Å². The van der Waals surface area contributed by atoms with E-state index in [2.05, 4.69) is 9.80 Å². The van der Waals surface area contributed by atoms with E-state index in [4.69, 9.17) is 9.47 Å². The maximum atomic E-state index is 12.2. The Kier molecular flexibility index (Phi) is 6.05. The van der Waals surface area contributed by atoms with Crippen molar-refractivity contribution in [2.75, 3.05) is 19.6 Å². The molecule has 1 aromatic rings. The van der Waals surface area contributed by atoms with Gasteiger partial charge in [0.2, 0.25) is 5.91 Å². The Morgan fingerprint density at radius 2 is 1.74 bits per heavy atom. The molecule has 6 nitrogen and oxygen atoms in total. The predicted octanol–water partition coefficient (Wildman–Crippen LogP) is 3.46. The van der Waals surface area contributed by atoms with Crippen LogP contribution in [-0.4, -0.2) is 59.2 Å². The van der Waals surface area contributed by atoms with Crippen LogP contribution in [-0.2, 0) is 9.53 Å². The number of hydrogen-bond donors (Lipinski definition) is 0. The SMILES string of the molecule is CCC(=O)N1C2CCC1CN(CCC(C)(C)OC(=O)Oc1ccccc1)C2. The zero-order valence-electron chi connectivity index (χ0n) is 16.5. The minimum Gasteiger partial charge on any atom is -0.428 e. The highest BCUT2D eigenvalue weighted by Crippen LogP contribution is 2.31. The fourth-order valence-electron chi connectivity index (χ4n) is 4.07. The molecule has 27 heavy (non-hydrogen) atoms. The molecule has 6 heteroatoms. The van der Waals surface area contributed by atoms with Gasteiger partial charge in [-0.3, -0.25) is 9.69 Å². The third kappa shape index (κ3) is 5.01. The number of nitrogens with zero attached hydrogens (tertiary/aromatic N) is 2. The van der Waals surface area contributed by atoms with Gasteiger partial charge in [-0.05, 0) is 45.2 Å². The van der Waals surface area contributed by atoms with Crippen molar-refractivity contribution in [3.63, 3.8) is 0 Å². The van der Waals surface area contributed by atoms with E-state index >= 15 is 0 Å². The summed E-state index contributed by atoms with van der Waals surface area (Å²) in [5.74, 6) is 0.751. The second-order valence-electron chi connectivity index (χ2n) is 8.08. The van der Waals surface area contributed by atoms with E-state index in [1.807, 2.05) is 39.0 Å². The highest BCUT2D eigenvalue weighted by molar-refractivity contribution is 5.77. The molecule has 0 aliphatic carbocycles. The Hall–Kier alpha value is -2.08. The first-order valence-electron chi connectivity index (χ1n) is 9.87. The van der Waals surface area contributed by atoms with Gasteiger partial charge < -0.3 is 14.4 Å². The van der Waals surface area contributed by atoms with Crippen LogP contribution in [0.2, 0.25) is 0 Å². The zero-order chi connectivity index (χ0) is 19.4. The maximum absolute atomic E-state index is 12.2. The van der Waals surface area contributed by atoms with Crippen molar-refractivity contribution in [2.24, 2.45) is 0 Å². The van der Waals surface area contributed by atoms with Gasteiger partial charge in [-0.25, -0.2) is 4.79 Å². The first-order chi connectivity index (χ1) is 12.9. The Labute approximate surface area is 161 Å². The number of rotatable bonds is 6. The van der Waals surface area contributed by atoms with Crippen LogP contribution in [0.25, 0.3) is 0 Å². The number of likely N-dealkylation sites (tertiary alicyclic amines) is 1. The average molecular weight is 374 g/mol. The van der Waals surface area contributed by atoms with Crippen molar-refractivity contribution in [1.29, 1.82) is 0 Å². The fraction of sp³-hybridized carbons (Fsp3) is 0.619. The Balaban J connectivity index is 1.47. The van der Waals surface area contributed by atoms with Crippen molar-refractivity contribution >= 4 is 12.1 Å². The Morgan fingerprint density at radius 1 is 1.11 bits per heavy atom. The van der Waals surface area contributed by atoms with Crippen LogP contribution in [0.1, 0.15) is 46.5 Å². The molecular formula is C21H30N2O4. The summed E-state index contributed by atoms with van der Waals surface area (Å²) in [6.07, 6.45) is 2.81. The molecule has 0 spiro atoms. The summed E-state index contributed by atoms with van der Waals surface area (Å²) >= 11 is 0. The summed E-state index contributed by atoms with van der Waals surface area (Å²) < 4.78 is 10.7. The molecule has 2 fully saturated rings. The van der Waals surface area contributed by atoms with Crippen LogP contribution < -0.4 is 4.74 Å². The van der Waals surface area contributed by atoms with Crippen molar-refractivity contribution in [2.45, 2.75) is 64.1 Å². The molecule has 2 atom stereocenters. The summed E-state index contributed by atoms with van der Waals surface area (Å²) in [5, 5.41) is 0. The normalized spacial score (nSPS) is 22.6. The van der Waals surface area contributed by atoms with Crippen LogP contribution in [0.5, 0.6) is 5.75 Å². The smallest absolute Gasteiger partial charge is 0.428 e. The standard InChI is InChI=1S/C21H30N2O4/c1-4-19(24)23-16-10-11-17(23)15-22(14-16)13-12-21(2,3)27-20(25)26-18-8-6-5-7-9-18/h5-9,16-17H,4,10-15H2,1-3H3. The number of fused-ring (bicyclic) bond motifs is 2. The molecule has 1 aromatic carbocycles. The van der Waals surface area contributed by atoms with Gasteiger partial charge in [-0.2, -0.15) is 0 Å². The van der Waals surface area contributed by atoms with E-state index in [-0.39, 0.29) is 5.91 Å². The summed E-state index contributed by atoms with van der Waals surface area (Å²) in [5.41, 5.74) is -0.610. The fourth-order valence-corrected chi connectivity index (χ4v) is 4.07. The lowest BCUT2D eigenvalue weighted by Crippen LogP contribution is -2.56. The van der Waals surface area contributed by atoms with E-state index in [1.54, 1.807) is 12.1 Å². The molecule has 148 valence electrons. The van der Waals surface area contributed by atoms with Gasteiger partial charge in [-0.1, -0.05) is 25.1 Å². The average Bonchev–Trinajstić information content (AvgIpc) is 2.90. The minimum atomic E-state index is -0.676. The maximum Gasteiger partial charge on any atom is 0.514 e. The molecule has 2 aliphatic rings. The van der Waals surface area contributed by atoms with Crippen LogP contribution in [0.4, 0.5) is 4.79 Å². The molecule has 0 radical (unpaired) electrons. The van der Waals surface area contributed by atoms with Crippen molar-refractivity contribution < 1.29 is 19.1 Å². The van der Waals surface area contributed by atoms with E-state index in [0.717, 1.165) is 38.9 Å². The van der Waals surface area contributed by atoms with Crippen molar-refractivity contribution in [1.82, 2.24) is 9.80 Å². The molecule has 2 saturated heterocycles. The van der Waals surface area contributed by atoms with Gasteiger partial charge >= 0.3 is 6.16 Å². The second-order valence-corrected chi connectivity index (χ2v) is 8.08. The lowest BCUT2D eigenvalue weighted by Gasteiger charge is -2.41. The molecule has 0 aromatic heterocycles. The number of para-hydroxylation sites is 1. The van der Waals surface area contributed by atoms with Crippen molar-refractivity contribution in [3.05, 3.63) is 30.3 Å². The summed E-state index contributed by atoms with van der Waals surface area (Å²) in [6.45, 7) is 8.41. The van der Waals surface area contributed by atoms with Gasteiger partial charge in [0.25, 0.3) is 0 Å². The Morgan fingerprint density at radius 3 is 2.33 bits per heavy atom. The number of amides is 1. The molecule has 2 bridgehead atoms. The number of ether oxygens (including phenoxy) is 2. The molecule has 2 heterocycles. The van der Waals surface area contributed by atoms with E-state index in [1.165, 1.54) is 0 Å². The van der Waals surface area contributed by atoms with Crippen LogP contribution >= 0.6 is 0 Å². The second kappa shape index (κ2) is 8.30. The quantitative estimate of drug-likeness (QED) is 0.564. The number of hydrogen-bond acceptors (Lipinski definition) is 5.